The number of hydrogen-bond acceptors (Lipinski definition) is 10. The molecule has 3 heterocycles. The molecule has 5 rings (SSSR count). The smallest absolute Gasteiger partial charge is 0.420 e. The fourth-order valence-electron chi connectivity index (χ4n) is 4.94. The molecule has 0 aliphatic carbocycles. The number of amides is 1. The van der Waals surface area contributed by atoms with E-state index in [1.807, 2.05) is 30.3 Å². The van der Waals surface area contributed by atoms with E-state index in [1.54, 1.807) is 56.0 Å². The minimum Gasteiger partial charge on any atom is -0.497 e. The number of carbonyl (C=O) groups is 1. The number of rotatable bonds is 13. The van der Waals surface area contributed by atoms with Crippen LogP contribution in [0.4, 0.5) is 27.9 Å². The average molecular weight is 599 g/mol. The maximum absolute atomic E-state index is 13.5. The van der Waals surface area contributed by atoms with Crippen LogP contribution < -0.4 is 24.4 Å². The molecule has 0 saturated carbocycles. The van der Waals surface area contributed by atoms with Gasteiger partial charge in [-0.05, 0) is 74.8 Å². The van der Waals surface area contributed by atoms with E-state index in [2.05, 4.69) is 25.2 Å². The Morgan fingerprint density at radius 1 is 0.955 bits per heavy atom. The van der Waals surface area contributed by atoms with Gasteiger partial charge in [0.2, 0.25) is 5.95 Å². The number of hydrogen-bond donors (Lipinski definition) is 1. The minimum absolute atomic E-state index is 0.0323. The first-order valence-corrected chi connectivity index (χ1v) is 14.8. The van der Waals surface area contributed by atoms with Gasteiger partial charge in [-0.3, -0.25) is 4.98 Å². The number of ether oxygens (including phenoxy) is 4. The number of likely N-dealkylation sites (tertiary alicyclic amines) is 1. The van der Waals surface area contributed by atoms with Crippen LogP contribution >= 0.6 is 0 Å². The molecular formula is C33H38N6O5. The topological polar surface area (TPSA) is 111 Å². The van der Waals surface area contributed by atoms with E-state index >= 15 is 0 Å². The van der Waals surface area contributed by atoms with Gasteiger partial charge in [0, 0.05) is 48.5 Å². The number of carbonyl (C=O) groups excluding carboxylic acids is 1. The minimum atomic E-state index is -0.649. The Kier molecular flexibility index (Phi) is 10.8. The van der Waals surface area contributed by atoms with E-state index in [4.69, 9.17) is 18.9 Å². The third-order valence-corrected chi connectivity index (χ3v) is 7.21. The fourth-order valence-corrected chi connectivity index (χ4v) is 4.94. The zero-order valence-corrected chi connectivity index (χ0v) is 25.1. The summed E-state index contributed by atoms with van der Waals surface area (Å²) in [5.74, 6) is 2.38. The van der Waals surface area contributed by atoms with Gasteiger partial charge in [0.25, 0.3) is 0 Å². The third kappa shape index (κ3) is 8.35. The number of methoxy groups -OCH3 is 2. The zero-order valence-electron chi connectivity index (χ0n) is 25.1. The summed E-state index contributed by atoms with van der Waals surface area (Å²) < 4.78 is 22.6. The Bertz CT molecular complexity index is 1480. The summed E-state index contributed by atoms with van der Waals surface area (Å²) in [5, 5.41) is 3.21. The summed E-state index contributed by atoms with van der Waals surface area (Å²) in [7, 11) is 3.08. The van der Waals surface area contributed by atoms with Crippen molar-refractivity contribution in [1.29, 1.82) is 0 Å². The lowest BCUT2D eigenvalue weighted by molar-refractivity contribution is 0.149. The second kappa shape index (κ2) is 15.5. The molecule has 0 atom stereocenters. The predicted molar refractivity (Wildman–Crippen MR) is 168 cm³/mol. The lowest BCUT2D eigenvalue weighted by Gasteiger charge is -2.26. The quantitative estimate of drug-likeness (QED) is 0.175. The Hall–Kier alpha value is -4.90. The summed E-state index contributed by atoms with van der Waals surface area (Å²) >= 11 is 0. The van der Waals surface area contributed by atoms with E-state index in [0.29, 0.717) is 29.7 Å². The average Bonchev–Trinajstić information content (AvgIpc) is 3.08. The number of benzene rings is 2. The van der Waals surface area contributed by atoms with E-state index in [0.717, 1.165) is 30.0 Å². The highest BCUT2D eigenvalue weighted by molar-refractivity contribution is 5.97. The van der Waals surface area contributed by atoms with Gasteiger partial charge in [0.05, 0.1) is 26.5 Å². The summed E-state index contributed by atoms with van der Waals surface area (Å²) in [6, 6.07) is 18.0. The molecule has 0 bridgehead atoms. The SMILES string of the molecule is COc1ccc(N(C(=O)OCc2cccnc2)c2ccnc(Nc3ccc(OCCCN4CCCCC4)cc3)n2)c(OC)c1. The van der Waals surface area contributed by atoms with Crippen molar-refractivity contribution in [2.45, 2.75) is 32.3 Å². The molecule has 1 fully saturated rings. The third-order valence-electron chi connectivity index (χ3n) is 7.21. The van der Waals surface area contributed by atoms with Crippen molar-refractivity contribution in [2.24, 2.45) is 0 Å². The summed E-state index contributed by atoms with van der Waals surface area (Å²) in [4.78, 5) is 30.5. The van der Waals surface area contributed by atoms with E-state index < -0.39 is 6.09 Å². The van der Waals surface area contributed by atoms with Gasteiger partial charge >= 0.3 is 6.09 Å². The standard InChI is InChI=1S/C33H38N6O5/c1-41-28-13-14-29(30(22-28)42-2)39(33(40)44-24-25-8-6-16-34-23-25)31-15-17-35-32(37-31)36-26-9-11-27(12-10-26)43-21-7-20-38-18-4-3-5-19-38/h6,8-17,22-23H,3-5,7,18-21,24H2,1-2H3,(H,35,36,37). The highest BCUT2D eigenvalue weighted by Gasteiger charge is 2.25. The molecule has 1 N–H and O–H groups in total. The molecule has 1 aliphatic heterocycles. The Balaban J connectivity index is 1.28. The maximum Gasteiger partial charge on any atom is 0.420 e. The number of nitrogens with zero attached hydrogens (tertiary/aromatic N) is 5. The first kappa shape index (κ1) is 30.6. The Morgan fingerprint density at radius 3 is 2.52 bits per heavy atom. The molecular weight excluding hydrogens is 560 g/mol. The highest BCUT2D eigenvalue weighted by Crippen LogP contribution is 2.37. The highest BCUT2D eigenvalue weighted by atomic mass is 16.6. The zero-order chi connectivity index (χ0) is 30.6. The maximum atomic E-state index is 13.5. The van der Waals surface area contributed by atoms with Crippen molar-refractivity contribution in [2.75, 3.05) is 50.7 Å². The number of nitrogens with one attached hydrogen (secondary N) is 1. The van der Waals surface area contributed by atoms with E-state index in [1.165, 1.54) is 44.4 Å². The number of pyridine rings is 1. The van der Waals surface area contributed by atoms with Gasteiger partial charge in [-0.2, -0.15) is 4.98 Å². The number of aromatic nitrogens is 3. The molecule has 44 heavy (non-hydrogen) atoms. The predicted octanol–water partition coefficient (Wildman–Crippen LogP) is 6.36. The van der Waals surface area contributed by atoms with Gasteiger partial charge < -0.3 is 29.2 Å². The molecule has 1 aliphatic rings. The largest absolute Gasteiger partial charge is 0.497 e. The van der Waals surface area contributed by atoms with Crippen molar-refractivity contribution in [3.63, 3.8) is 0 Å². The molecule has 4 aromatic rings. The van der Waals surface area contributed by atoms with Crippen LogP contribution in [0.5, 0.6) is 17.2 Å². The van der Waals surface area contributed by atoms with Gasteiger partial charge in [-0.25, -0.2) is 14.7 Å². The molecule has 2 aromatic heterocycles. The summed E-state index contributed by atoms with van der Waals surface area (Å²) in [5.41, 5.74) is 1.95. The second-order valence-electron chi connectivity index (χ2n) is 10.3. The van der Waals surface area contributed by atoms with Crippen molar-refractivity contribution in [3.8, 4) is 17.2 Å². The molecule has 11 heteroatoms. The second-order valence-corrected chi connectivity index (χ2v) is 10.3. The van der Waals surface area contributed by atoms with Crippen LogP contribution in [0.15, 0.2) is 79.3 Å². The lowest BCUT2D eigenvalue weighted by Crippen LogP contribution is -2.31. The number of piperidine rings is 1. The van der Waals surface area contributed by atoms with Crippen LogP contribution in [0, 0.1) is 0 Å². The normalized spacial score (nSPS) is 13.1. The molecule has 0 unspecified atom stereocenters. The summed E-state index contributed by atoms with van der Waals surface area (Å²) in [6.45, 7) is 4.17. The molecule has 11 nitrogen and oxygen atoms in total. The van der Waals surface area contributed by atoms with Gasteiger partial charge in [-0.15, -0.1) is 0 Å². The van der Waals surface area contributed by atoms with Crippen molar-refractivity contribution in [1.82, 2.24) is 19.9 Å². The molecule has 2 aromatic carbocycles. The molecule has 1 saturated heterocycles. The Labute approximate surface area is 257 Å². The van der Waals surface area contributed by atoms with Gasteiger partial charge in [0.15, 0.2) is 0 Å². The van der Waals surface area contributed by atoms with Crippen LogP contribution in [0.2, 0.25) is 0 Å². The number of anilines is 4. The Morgan fingerprint density at radius 2 is 1.77 bits per heavy atom. The van der Waals surface area contributed by atoms with Crippen LogP contribution in [0.3, 0.4) is 0 Å². The molecule has 1 amide bonds. The van der Waals surface area contributed by atoms with E-state index in [-0.39, 0.29) is 12.4 Å². The van der Waals surface area contributed by atoms with Crippen molar-refractivity contribution >= 4 is 29.2 Å². The molecule has 230 valence electrons. The van der Waals surface area contributed by atoms with Gasteiger partial charge in [0.1, 0.15) is 29.7 Å². The van der Waals surface area contributed by atoms with Crippen LogP contribution in [0.25, 0.3) is 0 Å². The van der Waals surface area contributed by atoms with Crippen LogP contribution in [0.1, 0.15) is 31.2 Å². The monoisotopic (exact) mass is 598 g/mol. The first-order valence-electron chi connectivity index (χ1n) is 14.8. The van der Waals surface area contributed by atoms with E-state index in [9.17, 15) is 4.79 Å². The van der Waals surface area contributed by atoms with Crippen molar-refractivity contribution < 1.29 is 23.7 Å². The molecule has 0 spiro atoms. The lowest BCUT2D eigenvalue weighted by atomic mass is 10.1. The fraction of sp³-hybridized carbons (Fsp3) is 0.333. The first-order chi connectivity index (χ1) is 21.6. The summed E-state index contributed by atoms with van der Waals surface area (Å²) in [6.07, 6.45) is 9.17. The molecule has 0 radical (unpaired) electrons. The van der Waals surface area contributed by atoms with Crippen molar-refractivity contribution in [3.05, 3.63) is 84.8 Å². The van der Waals surface area contributed by atoms with Crippen LogP contribution in [-0.2, 0) is 11.3 Å². The van der Waals surface area contributed by atoms with Crippen LogP contribution in [-0.4, -0.2) is 66.4 Å². The van der Waals surface area contributed by atoms with Gasteiger partial charge in [-0.1, -0.05) is 12.5 Å².